The van der Waals surface area contributed by atoms with Crippen LogP contribution in [0.1, 0.15) is 11.8 Å². The van der Waals surface area contributed by atoms with E-state index in [9.17, 15) is 0 Å². The Morgan fingerprint density at radius 3 is 2.07 bits per heavy atom. The first-order valence-corrected chi connectivity index (χ1v) is 5.57. The van der Waals surface area contributed by atoms with Crippen molar-refractivity contribution in [2.75, 3.05) is 0 Å². The molecule has 0 saturated heterocycles. The zero-order chi connectivity index (χ0) is 9.80. The molecule has 0 radical (unpaired) electrons. The molecule has 0 N–H and O–H groups in total. The van der Waals surface area contributed by atoms with Crippen molar-refractivity contribution in [3.8, 4) is 11.5 Å². The minimum Gasteiger partial charge on any atom is -0.457 e. The minimum atomic E-state index is 0.984. The Hall–Kier alpha value is -1.28. The molecule has 2 aromatic rings. The maximum absolute atomic E-state index is 5.01. The molecule has 0 amide bonds. The average molecular weight is 204 g/mol. The quantitative estimate of drug-likeness (QED) is 0.579. The molecule has 2 aliphatic rings. The topological polar surface area (TPSA) is 9.23 Å². The molecule has 0 spiro atoms. The van der Waals surface area contributed by atoms with Crippen molar-refractivity contribution in [1.82, 2.24) is 0 Å². The molecular weight excluding hydrogens is 192 g/mol. The van der Waals surface area contributed by atoms with Crippen molar-refractivity contribution in [1.29, 1.82) is 0 Å². The summed E-state index contributed by atoms with van der Waals surface area (Å²) in [4.78, 5) is 1.47. The molecule has 2 aliphatic heterocycles. The number of hydrogen-bond donors (Lipinski definition) is 0. The van der Waals surface area contributed by atoms with Crippen LogP contribution >= 0.6 is 11.3 Å². The third kappa shape index (κ3) is 2.15. The third-order valence-corrected chi connectivity index (χ3v) is 2.99. The average Bonchev–Trinajstić information content (AvgIpc) is 2.71. The van der Waals surface area contributed by atoms with Gasteiger partial charge in [0.2, 0.25) is 0 Å². The Labute approximate surface area is 88.0 Å². The van der Waals surface area contributed by atoms with Gasteiger partial charge in [-0.3, -0.25) is 0 Å². The van der Waals surface area contributed by atoms with Crippen LogP contribution in [0.15, 0.2) is 41.8 Å². The van der Waals surface area contributed by atoms with Gasteiger partial charge >= 0.3 is 0 Å². The van der Waals surface area contributed by atoms with E-state index in [1.165, 1.54) is 11.3 Å². The van der Waals surface area contributed by atoms with Gasteiger partial charge in [-0.05, 0) is 30.0 Å². The number of thiophene rings is 1. The Balaban J connectivity index is 0.000000107. The molecule has 0 fully saturated rings. The molecule has 0 atom stereocenters. The van der Waals surface area contributed by atoms with Crippen molar-refractivity contribution in [2.45, 2.75) is 13.3 Å². The van der Waals surface area contributed by atoms with E-state index in [2.05, 4.69) is 24.4 Å². The summed E-state index contributed by atoms with van der Waals surface area (Å²) in [7, 11) is 0. The molecule has 0 aliphatic carbocycles. The van der Waals surface area contributed by atoms with E-state index in [0.717, 1.165) is 11.5 Å². The molecule has 1 nitrogen and oxygen atoms in total. The molecule has 0 unspecified atom stereocenters. The van der Waals surface area contributed by atoms with Gasteiger partial charge in [0.15, 0.2) is 0 Å². The van der Waals surface area contributed by atoms with Crippen molar-refractivity contribution < 1.29 is 4.74 Å². The molecule has 1 aromatic heterocycles. The molecule has 4 rings (SSSR count). The summed E-state index contributed by atoms with van der Waals surface area (Å²) in [5.74, 6) is 1.97. The molecule has 0 saturated carbocycles. The van der Waals surface area contributed by atoms with Gasteiger partial charge in [0.25, 0.3) is 0 Å². The van der Waals surface area contributed by atoms with Gasteiger partial charge in [0, 0.05) is 10.9 Å². The fourth-order valence-corrected chi connectivity index (χ4v) is 1.85. The van der Waals surface area contributed by atoms with Crippen LogP contribution < -0.4 is 4.74 Å². The summed E-state index contributed by atoms with van der Waals surface area (Å²) >= 11 is 1.82. The first-order valence-electron chi connectivity index (χ1n) is 4.69. The lowest BCUT2D eigenvalue weighted by atomic mass is 10.2. The van der Waals surface area contributed by atoms with E-state index in [1.807, 2.05) is 35.6 Å². The summed E-state index contributed by atoms with van der Waals surface area (Å²) in [5, 5.41) is 2.11. The Morgan fingerprint density at radius 1 is 1.14 bits per heavy atom. The summed E-state index contributed by atoms with van der Waals surface area (Å²) in [5.41, 5.74) is 0. The van der Waals surface area contributed by atoms with Gasteiger partial charge in [-0.15, -0.1) is 11.3 Å². The highest BCUT2D eigenvalue weighted by atomic mass is 32.1. The van der Waals surface area contributed by atoms with Gasteiger partial charge in [-0.25, -0.2) is 0 Å². The second kappa shape index (κ2) is 4.29. The van der Waals surface area contributed by atoms with Gasteiger partial charge in [-0.1, -0.05) is 19.1 Å². The van der Waals surface area contributed by atoms with E-state index >= 15 is 0 Å². The Kier molecular flexibility index (Phi) is 2.84. The highest BCUT2D eigenvalue weighted by Gasteiger charge is 2.05. The number of aryl methyl sites for hydroxylation is 1. The van der Waals surface area contributed by atoms with Gasteiger partial charge in [-0.2, -0.15) is 0 Å². The van der Waals surface area contributed by atoms with Gasteiger partial charge in [0.1, 0.15) is 11.5 Å². The first-order chi connectivity index (χ1) is 6.88. The van der Waals surface area contributed by atoms with Crippen LogP contribution in [0.2, 0.25) is 0 Å². The van der Waals surface area contributed by atoms with Crippen LogP contribution in [0.3, 0.4) is 0 Å². The SMILES string of the molecule is CCc1cccs1.c1cc2cc(c1)O2. The zero-order valence-corrected chi connectivity index (χ0v) is 8.88. The highest BCUT2D eigenvalue weighted by molar-refractivity contribution is 7.09. The van der Waals surface area contributed by atoms with Crippen LogP contribution in [0.4, 0.5) is 0 Å². The maximum Gasteiger partial charge on any atom is 0.131 e. The largest absolute Gasteiger partial charge is 0.457 e. The summed E-state index contributed by atoms with van der Waals surface area (Å²) in [6.45, 7) is 2.17. The predicted octanol–water partition coefficient (Wildman–Crippen LogP) is 4.10. The van der Waals surface area contributed by atoms with Crippen LogP contribution in [0.5, 0.6) is 11.5 Å². The molecule has 2 bridgehead atoms. The normalized spacial score (nSPS) is 10.6. The third-order valence-electron chi connectivity index (χ3n) is 1.97. The van der Waals surface area contributed by atoms with E-state index in [-0.39, 0.29) is 0 Å². The van der Waals surface area contributed by atoms with Crippen molar-refractivity contribution in [2.24, 2.45) is 0 Å². The van der Waals surface area contributed by atoms with Crippen LogP contribution in [-0.4, -0.2) is 0 Å². The van der Waals surface area contributed by atoms with Gasteiger partial charge in [0.05, 0.1) is 0 Å². The Bertz CT molecular complexity index is 368. The standard InChI is InChI=1S/C6H4O.C6H8S/c1-2-5-4-6(3-1)7-5;1-2-6-4-3-5-7-6/h1-4H;3-5H,2H2,1H3. The molecule has 14 heavy (non-hydrogen) atoms. The number of benzene rings is 1. The summed E-state index contributed by atoms with van der Waals surface area (Å²) in [6.07, 6.45) is 1.18. The maximum atomic E-state index is 5.01. The summed E-state index contributed by atoms with van der Waals surface area (Å²) in [6, 6.07) is 12.1. The lowest BCUT2D eigenvalue weighted by Crippen LogP contribution is -1.91. The second-order valence-electron chi connectivity index (χ2n) is 3.01. The number of fused-ring (bicyclic) bond motifs is 2. The molecule has 72 valence electrons. The van der Waals surface area contributed by atoms with E-state index in [0.29, 0.717) is 0 Å². The molecule has 3 heterocycles. The predicted molar refractivity (Wildman–Crippen MR) is 60.2 cm³/mol. The van der Waals surface area contributed by atoms with Crippen LogP contribution in [0, 0.1) is 0 Å². The lowest BCUT2D eigenvalue weighted by molar-refractivity contribution is 0.438. The van der Waals surface area contributed by atoms with E-state index < -0.39 is 0 Å². The van der Waals surface area contributed by atoms with Gasteiger partial charge < -0.3 is 4.74 Å². The molecule has 2 heteroatoms. The highest BCUT2D eigenvalue weighted by Crippen LogP contribution is 2.32. The van der Waals surface area contributed by atoms with Crippen LogP contribution in [-0.2, 0) is 6.42 Å². The summed E-state index contributed by atoms with van der Waals surface area (Å²) < 4.78 is 5.01. The second-order valence-corrected chi connectivity index (χ2v) is 4.04. The van der Waals surface area contributed by atoms with Crippen molar-refractivity contribution in [3.63, 3.8) is 0 Å². The fraction of sp³-hybridized carbons (Fsp3) is 0.167. The van der Waals surface area contributed by atoms with Crippen molar-refractivity contribution >= 4 is 11.3 Å². The number of ether oxygens (including phenoxy) is 1. The molecular formula is C12H12OS. The number of rotatable bonds is 1. The number of hydrogen-bond acceptors (Lipinski definition) is 2. The molecule has 1 aromatic carbocycles. The van der Waals surface area contributed by atoms with E-state index in [1.54, 1.807) is 0 Å². The minimum absolute atomic E-state index is 0.984. The van der Waals surface area contributed by atoms with Crippen LogP contribution in [0.25, 0.3) is 0 Å². The smallest absolute Gasteiger partial charge is 0.131 e. The van der Waals surface area contributed by atoms with E-state index in [4.69, 9.17) is 4.74 Å². The lowest BCUT2D eigenvalue weighted by Gasteiger charge is -2.13. The Morgan fingerprint density at radius 2 is 1.86 bits per heavy atom. The monoisotopic (exact) mass is 204 g/mol. The zero-order valence-electron chi connectivity index (χ0n) is 8.07. The fourth-order valence-electron chi connectivity index (χ4n) is 1.19. The van der Waals surface area contributed by atoms with Crippen molar-refractivity contribution in [3.05, 3.63) is 46.7 Å². The first kappa shape index (κ1) is 9.28.